The van der Waals surface area contributed by atoms with Gasteiger partial charge in [-0.3, -0.25) is 5.10 Å². The van der Waals surface area contributed by atoms with E-state index in [4.69, 9.17) is 5.11 Å². The van der Waals surface area contributed by atoms with Gasteiger partial charge in [0, 0.05) is 11.3 Å². The SMILES string of the molecule is O=C(O)c1cc(-c2ccc(C(O)C(O)CS)cc2)n[nH]1. The fourth-order valence-corrected chi connectivity index (χ4v) is 1.95. The lowest BCUT2D eigenvalue weighted by molar-refractivity contribution is 0.0338. The number of aromatic carboxylic acids is 1. The summed E-state index contributed by atoms with van der Waals surface area (Å²) < 4.78 is 0. The Morgan fingerprint density at radius 1 is 1.30 bits per heavy atom. The van der Waals surface area contributed by atoms with Gasteiger partial charge >= 0.3 is 5.97 Å². The molecule has 1 aromatic carbocycles. The maximum atomic E-state index is 10.8. The number of carbonyl (C=O) groups is 1. The summed E-state index contributed by atoms with van der Waals surface area (Å²) in [5, 5.41) is 34.5. The third-order valence-electron chi connectivity index (χ3n) is 2.91. The van der Waals surface area contributed by atoms with Crippen molar-refractivity contribution in [3.05, 3.63) is 41.6 Å². The number of nitrogens with one attached hydrogen (secondary N) is 1. The predicted molar refractivity (Wildman–Crippen MR) is 75.8 cm³/mol. The van der Waals surface area contributed by atoms with E-state index in [0.29, 0.717) is 16.8 Å². The average Bonchev–Trinajstić information content (AvgIpc) is 2.96. The lowest BCUT2D eigenvalue weighted by Crippen LogP contribution is -2.19. The highest BCUT2D eigenvalue weighted by Crippen LogP contribution is 2.23. The number of carboxylic acid groups (broad SMARTS) is 1. The number of carboxylic acids is 1. The van der Waals surface area contributed by atoms with Crippen LogP contribution in [-0.4, -0.2) is 43.3 Å². The van der Waals surface area contributed by atoms with E-state index in [0.717, 1.165) is 0 Å². The van der Waals surface area contributed by atoms with Crippen molar-refractivity contribution in [3.63, 3.8) is 0 Å². The Balaban J connectivity index is 2.21. The first-order valence-electron chi connectivity index (χ1n) is 5.89. The smallest absolute Gasteiger partial charge is 0.353 e. The van der Waals surface area contributed by atoms with Gasteiger partial charge in [0.1, 0.15) is 11.8 Å². The molecule has 0 amide bonds. The van der Waals surface area contributed by atoms with Crippen LogP contribution in [0.3, 0.4) is 0 Å². The molecule has 0 saturated heterocycles. The molecule has 2 unspecified atom stereocenters. The molecule has 2 aromatic rings. The minimum Gasteiger partial charge on any atom is -0.477 e. The first-order valence-corrected chi connectivity index (χ1v) is 6.52. The summed E-state index contributed by atoms with van der Waals surface area (Å²) in [6.07, 6.45) is -1.94. The van der Waals surface area contributed by atoms with Crippen LogP contribution in [0.2, 0.25) is 0 Å². The van der Waals surface area contributed by atoms with Crippen molar-refractivity contribution in [2.24, 2.45) is 0 Å². The van der Waals surface area contributed by atoms with Gasteiger partial charge in [-0.2, -0.15) is 17.7 Å². The Labute approximate surface area is 120 Å². The first kappa shape index (κ1) is 14.6. The standard InChI is InChI=1S/C13H14N2O4S/c16-11(6-20)12(17)8-3-1-7(2-4-8)9-5-10(13(18)19)15-14-9/h1-5,11-12,16-17,20H,6H2,(H,14,15)(H,18,19). The molecular formula is C13H14N2O4S. The number of hydrogen-bond acceptors (Lipinski definition) is 5. The summed E-state index contributed by atoms with van der Waals surface area (Å²) in [6.45, 7) is 0. The Morgan fingerprint density at radius 2 is 1.95 bits per heavy atom. The van der Waals surface area contributed by atoms with Gasteiger partial charge in [-0.15, -0.1) is 0 Å². The lowest BCUT2D eigenvalue weighted by atomic mass is 10.0. The van der Waals surface area contributed by atoms with Crippen LogP contribution in [0.4, 0.5) is 0 Å². The maximum absolute atomic E-state index is 10.8. The van der Waals surface area contributed by atoms with Crippen LogP contribution < -0.4 is 0 Å². The fourth-order valence-electron chi connectivity index (χ4n) is 1.75. The third-order valence-corrected chi connectivity index (χ3v) is 3.28. The van der Waals surface area contributed by atoms with Crippen LogP contribution in [0, 0.1) is 0 Å². The van der Waals surface area contributed by atoms with Crippen molar-refractivity contribution in [2.75, 3.05) is 5.75 Å². The normalized spacial score (nSPS) is 13.9. The van der Waals surface area contributed by atoms with Gasteiger partial charge in [0.25, 0.3) is 0 Å². The van der Waals surface area contributed by atoms with E-state index < -0.39 is 18.2 Å². The Morgan fingerprint density at radius 3 is 2.45 bits per heavy atom. The molecule has 6 nitrogen and oxygen atoms in total. The lowest BCUT2D eigenvalue weighted by Gasteiger charge is -2.16. The maximum Gasteiger partial charge on any atom is 0.353 e. The van der Waals surface area contributed by atoms with E-state index in [1.54, 1.807) is 24.3 Å². The molecule has 0 aliphatic heterocycles. The molecule has 0 aliphatic rings. The Bertz CT molecular complexity index is 597. The summed E-state index contributed by atoms with van der Waals surface area (Å²) in [5.41, 5.74) is 1.78. The molecule has 0 saturated carbocycles. The molecular weight excluding hydrogens is 280 g/mol. The van der Waals surface area contributed by atoms with Crippen molar-refractivity contribution in [1.82, 2.24) is 10.2 Å². The number of aliphatic hydroxyl groups excluding tert-OH is 2. The number of aromatic nitrogens is 2. The van der Waals surface area contributed by atoms with Gasteiger partial charge in [-0.05, 0) is 11.6 Å². The molecule has 106 valence electrons. The van der Waals surface area contributed by atoms with Crippen molar-refractivity contribution in [2.45, 2.75) is 12.2 Å². The molecule has 1 heterocycles. The summed E-state index contributed by atoms with van der Waals surface area (Å²) in [5.74, 6) is -0.919. The zero-order valence-electron chi connectivity index (χ0n) is 10.4. The van der Waals surface area contributed by atoms with E-state index in [1.807, 2.05) is 0 Å². The van der Waals surface area contributed by atoms with Crippen LogP contribution >= 0.6 is 12.6 Å². The van der Waals surface area contributed by atoms with Crippen molar-refractivity contribution < 1.29 is 20.1 Å². The third kappa shape index (κ3) is 3.01. The molecule has 7 heteroatoms. The van der Waals surface area contributed by atoms with Crippen LogP contribution in [0.1, 0.15) is 22.2 Å². The number of benzene rings is 1. The number of rotatable bonds is 5. The van der Waals surface area contributed by atoms with Gasteiger partial charge in [0.2, 0.25) is 0 Å². The second-order valence-corrected chi connectivity index (χ2v) is 4.65. The van der Waals surface area contributed by atoms with E-state index in [-0.39, 0.29) is 11.4 Å². The van der Waals surface area contributed by atoms with E-state index in [9.17, 15) is 15.0 Å². The minimum absolute atomic E-state index is 0.00890. The molecule has 2 atom stereocenters. The van der Waals surface area contributed by atoms with Crippen LogP contribution in [0.15, 0.2) is 30.3 Å². The molecule has 1 aromatic heterocycles. The average molecular weight is 294 g/mol. The largest absolute Gasteiger partial charge is 0.477 e. The number of H-pyrrole nitrogens is 1. The van der Waals surface area contributed by atoms with Gasteiger partial charge in [-0.25, -0.2) is 4.79 Å². The zero-order chi connectivity index (χ0) is 14.7. The number of aromatic amines is 1. The summed E-state index contributed by atoms with van der Waals surface area (Å²) in [4.78, 5) is 10.8. The van der Waals surface area contributed by atoms with E-state index in [2.05, 4.69) is 22.8 Å². The van der Waals surface area contributed by atoms with Gasteiger partial charge in [-0.1, -0.05) is 24.3 Å². The molecule has 0 aliphatic carbocycles. The van der Waals surface area contributed by atoms with Crippen molar-refractivity contribution in [3.8, 4) is 11.3 Å². The molecule has 0 radical (unpaired) electrons. The molecule has 20 heavy (non-hydrogen) atoms. The van der Waals surface area contributed by atoms with Gasteiger partial charge in [0.15, 0.2) is 0 Å². The van der Waals surface area contributed by atoms with Crippen LogP contribution in [-0.2, 0) is 0 Å². The first-order chi connectivity index (χ1) is 9.52. The minimum atomic E-state index is -1.08. The molecule has 0 spiro atoms. The quantitative estimate of drug-likeness (QED) is 0.531. The van der Waals surface area contributed by atoms with Gasteiger partial charge in [0.05, 0.1) is 11.8 Å². The number of aliphatic hydroxyl groups is 2. The zero-order valence-corrected chi connectivity index (χ0v) is 11.3. The van der Waals surface area contributed by atoms with Crippen molar-refractivity contribution >= 4 is 18.6 Å². The van der Waals surface area contributed by atoms with Crippen LogP contribution in [0.25, 0.3) is 11.3 Å². The fraction of sp³-hybridized carbons (Fsp3) is 0.231. The highest BCUT2D eigenvalue weighted by Gasteiger charge is 2.17. The molecule has 4 N–H and O–H groups in total. The molecule has 2 rings (SSSR count). The number of hydrogen-bond donors (Lipinski definition) is 5. The second kappa shape index (κ2) is 6.08. The van der Waals surface area contributed by atoms with E-state index in [1.165, 1.54) is 6.07 Å². The van der Waals surface area contributed by atoms with Gasteiger partial charge < -0.3 is 15.3 Å². The topological polar surface area (TPSA) is 106 Å². The highest BCUT2D eigenvalue weighted by atomic mass is 32.1. The Kier molecular flexibility index (Phi) is 4.43. The van der Waals surface area contributed by atoms with Crippen LogP contribution in [0.5, 0.6) is 0 Å². The summed E-state index contributed by atoms with van der Waals surface area (Å²) >= 11 is 3.92. The monoisotopic (exact) mass is 294 g/mol. The Hall–Kier alpha value is -1.83. The predicted octanol–water partition coefficient (Wildman–Crippen LogP) is 1.10. The number of thiol groups is 1. The molecule has 0 fully saturated rings. The highest BCUT2D eigenvalue weighted by molar-refractivity contribution is 7.80. The van der Waals surface area contributed by atoms with E-state index >= 15 is 0 Å². The summed E-state index contributed by atoms with van der Waals surface area (Å²) in [7, 11) is 0. The number of nitrogens with zero attached hydrogens (tertiary/aromatic N) is 1. The summed E-state index contributed by atoms with van der Waals surface area (Å²) in [6, 6.07) is 8.14. The van der Waals surface area contributed by atoms with Crippen molar-refractivity contribution in [1.29, 1.82) is 0 Å². The molecule has 0 bridgehead atoms. The second-order valence-electron chi connectivity index (χ2n) is 4.29.